The molecule has 1 heterocycles. The van der Waals surface area contributed by atoms with Crippen molar-refractivity contribution in [2.24, 2.45) is 11.3 Å². The van der Waals surface area contributed by atoms with Gasteiger partial charge in [-0.05, 0) is 23.8 Å². The molecule has 0 aromatic rings. The fourth-order valence-corrected chi connectivity index (χ4v) is 1.78. The van der Waals surface area contributed by atoms with Gasteiger partial charge in [0.15, 0.2) is 0 Å². The van der Waals surface area contributed by atoms with E-state index in [0.29, 0.717) is 5.92 Å². The maximum Gasteiger partial charge on any atom is 0.245 e. The Balaban J connectivity index is 2.65. The molecule has 1 atom stereocenters. The van der Waals surface area contributed by atoms with Gasteiger partial charge in [-0.3, -0.25) is 4.79 Å². The molecule has 1 aliphatic rings. The smallest absolute Gasteiger partial charge is 0.245 e. The lowest BCUT2D eigenvalue weighted by atomic mass is 9.75. The number of piperidine rings is 1. The lowest BCUT2D eigenvalue weighted by molar-refractivity contribution is -0.130. The van der Waals surface area contributed by atoms with E-state index < -0.39 is 0 Å². The Bertz CT molecular complexity index is 220. The predicted octanol–water partition coefficient (Wildman–Crippen LogP) is 2.07. The summed E-state index contributed by atoms with van der Waals surface area (Å²) in [5.41, 5.74) is 0.247. The molecule has 2 heteroatoms. The highest BCUT2D eigenvalue weighted by Crippen LogP contribution is 2.34. The molecule has 13 heavy (non-hydrogen) atoms. The third kappa shape index (κ3) is 2.11. The quantitative estimate of drug-likeness (QED) is 0.567. The number of carbonyl (C=O) groups excluding carboxylic acids is 1. The maximum absolute atomic E-state index is 11.4. The fraction of sp³-hybridized carbons (Fsp3) is 0.727. The number of rotatable bonds is 1. The van der Waals surface area contributed by atoms with Crippen molar-refractivity contribution in [2.45, 2.75) is 27.2 Å². The monoisotopic (exact) mass is 181 g/mol. The van der Waals surface area contributed by atoms with Gasteiger partial charge < -0.3 is 4.90 Å². The molecular formula is C11H19NO. The average molecular weight is 181 g/mol. The van der Waals surface area contributed by atoms with Crippen molar-refractivity contribution in [1.82, 2.24) is 4.90 Å². The van der Waals surface area contributed by atoms with Crippen LogP contribution in [0.5, 0.6) is 0 Å². The van der Waals surface area contributed by atoms with E-state index >= 15 is 0 Å². The lowest BCUT2D eigenvalue weighted by Crippen LogP contribution is -2.46. The SMILES string of the molecule is C=CC(=O)N1CCC(C)C(C)(C)C1. The Labute approximate surface area is 80.6 Å². The van der Waals surface area contributed by atoms with Crippen molar-refractivity contribution in [1.29, 1.82) is 0 Å². The second-order valence-electron chi connectivity index (χ2n) is 4.64. The van der Waals surface area contributed by atoms with Crippen LogP contribution in [0.1, 0.15) is 27.2 Å². The van der Waals surface area contributed by atoms with Crippen LogP contribution in [-0.4, -0.2) is 23.9 Å². The van der Waals surface area contributed by atoms with Crippen molar-refractivity contribution >= 4 is 5.91 Å². The standard InChI is InChI=1S/C11H19NO/c1-5-10(13)12-7-6-9(2)11(3,4)8-12/h5,9H,1,6-8H2,2-4H3. The average Bonchev–Trinajstić information content (AvgIpc) is 2.08. The van der Waals surface area contributed by atoms with Crippen LogP contribution >= 0.6 is 0 Å². The lowest BCUT2D eigenvalue weighted by Gasteiger charge is -2.42. The van der Waals surface area contributed by atoms with Crippen molar-refractivity contribution in [2.75, 3.05) is 13.1 Å². The molecule has 0 saturated carbocycles. The zero-order valence-corrected chi connectivity index (χ0v) is 8.84. The van der Waals surface area contributed by atoms with Gasteiger partial charge in [-0.1, -0.05) is 27.4 Å². The van der Waals surface area contributed by atoms with Crippen LogP contribution in [0.3, 0.4) is 0 Å². The van der Waals surface area contributed by atoms with Gasteiger partial charge in [0.2, 0.25) is 5.91 Å². The van der Waals surface area contributed by atoms with Gasteiger partial charge >= 0.3 is 0 Å². The fourth-order valence-electron chi connectivity index (χ4n) is 1.78. The zero-order chi connectivity index (χ0) is 10.1. The second-order valence-corrected chi connectivity index (χ2v) is 4.64. The number of amides is 1. The minimum absolute atomic E-state index is 0.0694. The molecule has 0 spiro atoms. The summed E-state index contributed by atoms with van der Waals surface area (Å²) >= 11 is 0. The van der Waals surface area contributed by atoms with Crippen LogP contribution in [0.15, 0.2) is 12.7 Å². The number of nitrogens with zero attached hydrogens (tertiary/aromatic N) is 1. The zero-order valence-electron chi connectivity index (χ0n) is 8.84. The van der Waals surface area contributed by atoms with E-state index in [4.69, 9.17) is 0 Å². The minimum atomic E-state index is 0.0694. The number of hydrogen-bond acceptors (Lipinski definition) is 1. The van der Waals surface area contributed by atoms with E-state index in [2.05, 4.69) is 27.4 Å². The molecule has 1 saturated heterocycles. The topological polar surface area (TPSA) is 20.3 Å². The third-order valence-corrected chi connectivity index (χ3v) is 3.25. The number of hydrogen-bond donors (Lipinski definition) is 0. The van der Waals surface area contributed by atoms with Crippen molar-refractivity contribution in [3.05, 3.63) is 12.7 Å². The molecule has 0 bridgehead atoms. The third-order valence-electron chi connectivity index (χ3n) is 3.25. The van der Waals surface area contributed by atoms with Crippen LogP contribution in [0.25, 0.3) is 0 Å². The number of carbonyl (C=O) groups is 1. The highest BCUT2D eigenvalue weighted by molar-refractivity contribution is 5.87. The second kappa shape index (κ2) is 3.52. The molecule has 2 nitrogen and oxygen atoms in total. The molecular weight excluding hydrogens is 162 g/mol. The predicted molar refractivity (Wildman–Crippen MR) is 54.3 cm³/mol. The summed E-state index contributed by atoms with van der Waals surface area (Å²) in [6.07, 6.45) is 2.51. The van der Waals surface area contributed by atoms with Crippen molar-refractivity contribution in [3.63, 3.8) is 0 Å². The largest absolute Gasteiger partial charge is 0.339 e. The highest BCUT2D eigenvalue weighted by atomic mass is 16.2. The summed E-state index contributed by atoms with van der Waals surface area (Å²) < 4.78 is 0. The molecule has 0 aromatic heterocycles. The summed E-state index contributed by atoms with van der Waals surface area (Å²) in [6.45, 7) is 12.0. The first-order chi connectivity index (χ1) is 5.97. The number of likely N-dealkylation sites (tertiary alicyclic amines) is 1. The Hall–Kier alpha value is -0.790. The Kier molecular flexibility index (Phi) is 2.79. The van der Waals surface area contributed by atoms with Crippen LogP contribution in [0.4, 0.5) is 0 Å². The summed E-state index contributed by atoms with van der Waals surface area (Å²) in [6, 6.07) is 0. The van der Waals surface area contributed by atoms with E-state index in [-0.39, 0.29) is 11.3 Å². The highest BCUT2D eigenvalue weighted by Gasteiger charge is 2.33. The van der Waals surface area contributed by atoms with E-state index in [1.54, 1.807) is 0 Å². The van der Waals surface area contributed by atoms with Crippen LogP contribution < -0.4 is 0 Å². The molecule has 0 radical (unpaired) electrons. The summed E-state index contributed by atoms with van der Waals surface area (Å²) in [7, 11) is 0. The Morgan fingerprint density at radius 1 is 1.62 bits per heavy atom. The van der Waals surface area contributed by atoms with Gasteiger partial charge in [-0.15, -0.1) is 0 Å². The molecule has 1 rings (SSSR count). The van der Waals surface area contributed by atoms with Crippen molar-refractivity contribution in [3.8, 4) is 0 Å². The summed E-state index contributed by atoms with van der Waals surface area (Å²) in [5, 5.41) is 0. The van der Waals surface area contributed by atoms with Crippen molar-refractivity contribution < 1.29 is 4.79 Å². The first kappa shape index (κ1) is 10.3. The van der Waals surface area contributed by atoms with Gasteiger partial charge in [0.1, 0.15) is 0 Å². The van der Waals surface area contributed by atoms with Gasteiger partial charge in [0.25, 0.3) is 0 Å². The van der Waals surface area contributed by atoms with Gasteiger partial charge in [-0.25, -0.2) is 0 Å². The Morgan fingerprint density at radius 2 is 2.23 bits per heavy atom. The molecule has 1 unspecified atom stereocenters. The first-order valence-corrected chi connectivity index (χ1v) is 4.88. The summed E-state index contributed by atoms with van der Waals surface area (Å²) in [5.74, 6) is 0.765. The van der Waals surface area contributed by atoms with Gasteiger partial charge in [-0.2, -0.15) is 0 Å². The normalized spacial score (nSPS) is 27.0. The molecule has 1 amide bonds. The van der Waals surface area contributed by atoms with Gasteiger partial charge in [0.05, 0.1) is 0 Å². The van der Waals surface area contributed by atoms with Gasteiger partial charge in [0, 0.05) is 13.1 Å². The molecule has 1 aliphatic heterocycles. The Morgan fingerprint density at radius 3 is 2.69 bits per heavy atom. The van der Waals surface area contributed by atoms with E-state index in [9.17, 15) is 4.79 Å². The van der Waals surface area contributed by atoms with E-state index in [1.807, 2.05) is 4.90 Å². The minimum Gasteiger partial charge on any atom is -0.339 e. The molecule has 74 valence electrons. The molecule has 1 fully saturated rings. The molecule has 0 aliphatic carbocycles. The van der Waals surface area contributed by atoms with Crippen LogP contribution in [0, 0.1) is 11.3 Å². The van der Waals surface area contributed by atoms with E-state index in [0.717, 1.165) is 19.5 Å². The first-order valence-electron chi connectivity index (χ1n) is 4.88. The summed E-state index contributed by atoms with van der Waals surface area (Å²) in [4.78, 5) is 13.3. The van der Waals surface area contributed by atoms with E-state index in [1.165, 1.54) is 6.08 Å². The van der Waals surface area contributed by atoms with Crippen LogP contribution in [-0.2, 0) is 4.79 Å². The molecule has 0 aromatic carbocycles. The molecule has 0 N–H and O–H groups in total. The van der Waals surface area contributed by atoms with Crippen LogP contribution in [0.2, 0.25) is 0 Å². The maximum atomic E-state index is 11.4.